The van der Waals surface area contributed by atoms with Crippen molar-refractivity contribution in [1.29, 1.82) is 0 Å². The van der Waals surface area contributed by atoms with Gasteiger partial charge in [0.05, 0.1) is 11.4 Å². The van der Waals surface area contributed by atoms with E-state index in [1.54, 1.807) is 25.1 Å². The minimum atomic E-state index is -3.76. The lowest BCUT2D eigenvalue weighted by molar-refractivity contribution is -0.123. The lowest BCUT2D eigenvalue weighted by atomic mass is 10.0. The van der Waals surface area contributed by atoms with E-state index < -0.39 is 28.5 Å². The van der Waals surface area contributed by atoms with Gasteiger partial charge in [0.2, 0.25) is 21.8 Å². The fourth-order valence-electron chi connectivity index (χ4n) is 3.21. The molecule has 0 aliphatic carbocycles. The molecule has 3 rings (SSSR count). The number of hydrogen-bond donors (Lipinski definition) is 3. The molecule has 162 valence electrons. The van der Waals surface area contributed by atoms with Crippen molar-refractivity contribution in [3.05, 3.63) is 78.4 Å². The fourth-order valence-corrected chi connectivity index (χ4v) is 4.21. The summed E-state index contributed by atoms with van der Waals surface area (Å²) in [5.74, 6) is -0.709. The van der Waals surface area contributed by atoms with Gasteiger partial charge in [0.1, 0.15) is 0 Å². The highest BCUT2D eigenvalue weighted by atomic mass is 32.2. The Morgan fingerprint density at radius 2 is 1.55 bits per heavy atom. The fraction of sp³-hybridized carbons (Fsp3) is 0.217. The second kappa shape index (κ2) is 10.2. The van der Waals surface area contributed by atoms with Gasteiger partial charge in [0, 0.05) is 19.0 Å². The number of nitrogens with one attached hydrogen (secondary N) is 3. The Balaban J connectivity index is 1.45. The van der Waals surface area contributed by atoms with Gasteiger partial charge in [-0.25, -0.2) is 13.1 Å². The first-order chi connectivity index (χ1) is 14.8. The van der Waals surface area contributed by atoms with Crippen LogP contribution >= 0.6 is 0 Å². The molecule has 0 spiro atoms. The van der Waals surface area contributed by atoms with E-state index in [9.17, 15) is 18.0 Å². The van der Waals surface area contributed by atoms with Gasteiger partial charge in [-0.15, -0.1) is 0 Å². The molecule has 0 aliphatic rings. The van der Waals surface area contributed by atoms with Crippen LogP contribution in [0.1, 0.15) is 18.9 Å². The zero-order chi connectivity index (χ0) is 22.3. The second-order valence-corrected chi connectivity index (χ2v) is 8.99. The Bertz CT molecular complexity index is 1160. The molecule has 8 heteroatoms. The van der Waals surface area contributed by atoms with Crippen LogP contribution in [-0.2, 0) is 26.2 Å². The predicted octanol–water partition coefficient (Wildman–Crippen LogP) is 2.33. The molecule has 3 N–H and O–H groups in total. The van der Waals surface area contributed by atoms with Crippen molar-refractivity contribution < 1.29 is 18.0 Å². The van der Waals surface area contributed by atoms with Crippen molar-refractivity contribution in [2.45, 2.75) is 30.8 Å². The van der Waals surface area contributed by atoms with Gasteiger partial charge in [0.25, 0.3) is 0 Å². The molecule has 0 saturated carbocycles. The van der Waals surface area contributed by atoms with Crippen molar-refractivity contribution >= 4 is 32.6 Å². The molecule has 0 unspecified atom stereocenters. The van der Waals surface area contributed by atoms with Gasteiger partial charge >= 0.3 is 0 Å². The monoisotopic (exact) mass is 439 g/mol. The normalized spacial score (nSPS) is 12.3. The predicted molar refractivity (Wildman–Crippen MR) is 120 cm³/mol. The highest BCUT2D eigenvalue weighted by Crippen LogP contribution is 2.18. The summed E-state index contributed by atoms with van der Waals surface area (Å²) in [4.78, 5) is 24.4. The number of carbonyl (C=O) groups is 2. The number of amides is 2. The summed E-state index contributed by atoms with van der Waals surface area (Å²) >= 11 is 0. The average Bonchev–Trinajstić information content (AvgIpc) is 2.77. The van der Waals surface area contributed by atoms with Crippen molar-refractivity contribution in [2.75, 3.05) is 6.54 Å². The maximum absolute atomic E-state index is 12.3. The first-order valence-electron chi connectivity index (χ1n) is 9.92. The lowest BCUT2D eigenvalue weighted by Crippen LogP contribution is -2.42. The molecular weight excluding hydrogens is 414 g/mol. The summed E-state index contributed by atoms with van der Waals surface area (Å²) in [6.45, 7) is 1.68. The number of fused-ring (bicyclic) bond motifs is 1. The molecule has 0 aromatic heterocycles. The number of carbonyl (C=O) groups excluding carboxylic acids is 2. The second-order valence-electron chi connectivity index (χ2n) is 7.23. The van der Waals surface area contributed by atoms with Crippen LogP contribution in [0.15, 0.2) is 77.7 Å². The summed E-state index contributed by atoms with van der Waals surface area (Å²) in [5, 5.41) is 7.69. The first kappa shape index (κ1) is 22.5. The summed E-state index contributed by atoms with van der Waals surface area (Å²) in [7, 11) is -3.76. The van der Waals surface area contributed by atoms with Crippen LogP contribution in [-0.4, -0.2) is 32.8 Å². The Morgan fingerprint density at radius 3 is 2.32 bits per heavy atom. The number of hydrogen-bond acceptors (Lipinski definition) is 4. The quantitative estimate of drug-likeness (QED) is 0.476. The van der Waals surface area contributed by atoms with Crippen LogP contribution in [0.5, 0.6) is 0 Å². The molecule has 0 fully saturated rings. The summed E-state index contributed by atoms with van der Waals surface area (Å²) in [6.07, 6.45) is 0.0853. The zero-order valence-corrected chi connectivity index (χ0v) is 18.0. The maximum Gasteiger partial charge on any atom is 0.241 e. The number of rotatable bonds is 9. The van der Waals surface area contributed by atoms with E-state index >= 15 is 0 Å². The van der Waals surface area contributed by atoms with E-state index in [0.29, 0.717) is 6.54 Å². The van der Waals surface area contributed by atoms with Crippen LogP contribution in [0.3, 0.4) is 0 Å². The number of benzene rings is 3. The molecule has 0 aliphatic heterocycles. The third-order valence-corrected chi connectivity index (χ3v) is 6.15. The van der Waals surface area contributed by atoms with Crippen LogP contribution in [0, 0.1) is 0 Å². The third-order valence-electron chi connectivity index (χ3n) is 4.73. The van der Waals surface area contributed by atoms with Crippen molar-refractivity contribution in [1.82, 2.24) is 15.4 Å². The van der Waals surface area contributed by atoms with E-state index in [1.807, 2.05) is 42.5 Å². The van der Waals surface area contributed by atoms with E-state index in [-0.39, 0.29) is 17.2 Å². The standard InChI is InChI=1S/C23H25N3O4S/c1-17(26-23(28)16-25-31(29,30)20-11-3-2-4-12-20)14-22(27)24-15-19-10-7-9-18-8-5-6-13-21(18)19/h2-13,17,25H,14-16H2,1H3,(H,24,27)(H,26,28)/t17-/m0/s1. The molecule has 3 aromatic carbocycles. The molecular formula is C23H25N3O4S. The topological polar surface area (TPSA) is 104 Å². The van der Waals surface area contributed by atoms with E-state index in [4.69, 9.17) is 0 Å². The molecule has 2 amide bonds. The van der Waals surface area contributed by atoms with Crippen molar-refractivity contribution in [2.24, 2.45) is 0 Å². The molecule has 3 aromatic rings. The van der Waals surface area contributed by atoms with Gasteiger partial charge < -0.3 is 10.6 Å². The highest BCUT2D eigenvalue weighted by Gasteiger charge is 2.17. The largest absolute Gasteiger partial charge is 0.352 e. The summed E-state index contributed by atoms with van der Waals surface area (Å²) < 4.78 is 26.6. The van der Waals surface area contributed by atoms with Gasteiger partial charge in [-0.05, 0) is 35.4 Å². The summed E-state index contributed by atoms with van der Waals surface area (Å²) in [6, 6.07) is 21.3. The molecule has 0 bridgehead atoms. The maximum atomic E-state index is 12.3. The van der Waals surface area contributed by atoms with Gasteiger partial charge in [0.15, 0.2) is 0 Å². The van der Waals surface area contributed by atoms with E-state index in [2.05, 4.69) is 15.4 Å². The minimum Gasteiger partial charge on any atom is -0.352 e. The van der Waals surface area contributed by atoms with Crippen molar-refractivity contribution in [3.63, 3.8) is 0 Å². The summed E-state index contributed by atoms with van der Waals surface area (Å²) in [5.41, 5.74) is 1.01. The molecule has 0 radical (unpaired) electrons. The van der Waals surface area contributed by atoms with Gasteiger partial charge in [-0.2, -0.15) is 0 Å². The van der Waals surface area contributed by atoms with E-state index in [0.717, 1.165) is 16.3 Å². The van der Waals surface area contributed by atoms with E-state index in [1.165, 1.54) is 12.1 Å². The number of sulfonamides is 1. The third kappa shape index (κ3) is 6.37. The lowest BCUT2D eigenvalue weighted by Gasteiger charge is -2.15. The Morgan fingerprint density at radius 1 is 0.871 bits per heavy atom. The highest BCUT2D eigenvalue weighted by molar-refractivity contribution is 7.89. The van der Waals surface area contributed by atoms with Crippen LogP contribution in [0.2, 0.25) is 0 Å². The first-order valence-corrected chi connectivity index (χ1v) is 11.4. The molecule has 0 saturated heterocycles. The van der Waals surface area contributed by atoms with Crippen LogP contribution < -0.4 is 15.4 Å². The average molecular weight is 440 g/mol. The van der Waals surface area contributed by atoms with Gasteiger partial charge in [-0.3, -0.25) is 9.59 Å². The SMILES string of the molecule is C[C@@H](CC(=O)NCc1cccc2ccccc12)NC(=O)CNS(=O)(=O)c1ccccc1. The zero-order valence-electron chi connectivity index (χ0n) is 17.2. The molecule has 1 atom stereocenters. The van der Waals surface area contributed by atoms with Gasteiger partial charge in [-0.1, -0.05) is 60.7 Å². The smallest absolute Gasteiger partial charge is 0.241 e. The van der Waals surface area contributed by atoms with Crippen LogP contribution in [0.4, 0.5) is 0 Å². The van der Waals surface area contributed by atoms with Crippen molar-refractivity contribution in [3.8, 4) is 0 Å². The molecule has 0 heterocycles. The molecule has 7 nitrogen and oxygen atoms in total. The minimum absolute atomic E-state index is 0.0853. The Labute approximate surface area is 181 Å². The molecule has 31 heavy (non-hydrogen) atoms. The Hall–Kier alpha value is -3.23. The van der Waals surface area contributed by atoms with Crippen LogP contribution in [0.25, 0.3) is 10.8 Å². The Kier molecular flexibility index (Phi) is 7.38.